The summed E-state index contributed by atoms with van der Waals surface area (Å²) in [6.45, 7) is 2.53. The first kappa shape index (κ1) is 26.5. The van der Waals surface area contributed by atoms with Crippen molar-refractivity contribution in [1.29, 1.82) is 0 Å². The quantitative estimate of drug-likeness (QED) is 0.341. The number of methoxy groups -OCH3 is 2. The summed E-state index contributed by atoms with van der Waals surface area (Å²) in [7, 11) is 3.29. The molecule has 0 bridgehead atoms. The van der Waals surface area contributed by atoms with Crippen molar-refractivity contribution in [3.8, 4) is 0 Å². The zero-order chi connectivity index (χ0) is 24.9. The van der Waals surface area contributed by atoms with E-state index < -0.39 is 5.92 Å². The molecule has 0 saturated carbocycles. The number of hydrogen-bond acceptors (Lipinski definition) is 6. The van der Waals surface area contributed by atoms with Crippen LogP contribution in [-0.2, 0) is 20.8 Å². The zero-order valence-electron chi connectivity index (χ0n) is 20.3. The molecule has 1 aromatic heterocycles. The first-order valence-corrected chi connectivity index (χ1v) is 12.6. The van der Waals surface area contributed by atoms with Crippen molar-refractivity contribution in [3.05, 3.63) is 87.9 Å². The molecule has 1 N–H and O–H groups in total. The van der Waals surface area contributed by atoms with E-state index in [1.54, 1.807) is 19.6 Å². The summed E-state index contributed by atoms with van der Waals surface area (Å²) < 4.78 is 10.2. The third-order valence-corrected chi connectivity index (χ3v) is 6.36. The van der Waals surface area contributed by atoms with Gasteiger partial charge in [-0.2, -0.15) is 0 Å². The molecule has 35 heavy (non-hydrogen) atoms. The monoisotopic (exact) mass is 495 g/mol. The van der Waals surface area contributed by atoms with E-state index >= 15 is 0 Å². The lowest BCUT2D eigenvalue weighted by Crippen LogP contribution is -2.36. The van der Waals surface area contributed by atoms with Crippen LogP contribution in [0.25, 0.3) is 0 Å². The lowest BCUT2D eigenvalue weighted by Gasteiger charge is -2.27. The molecule has 3 rings (SSSR count). The van der Waals surface area contributed by atoms with Gasteiger partial charge in [-0.1, -0.05) is 60.7 Å². The number of carbonyl (C=O) groups excluding carboxylic acids is 2. The largest absolute Gasteiger partial charge is 0.385 e. The van der Waals surface area contributed by atoms with E-state index in [0.29, 0.717) is 45.0 Å². The molecule has 0 aliphatic heterocycles. The second-order valence-electron chi connectivity index (χ2n) is 8.09. The molecule has 186 valence electrons. The zero-order valence-corrected chi connectivity index (χ0v) is 21.1. The Hall–Kier alpha value is -3.07. The number of ether oxygens (including phenoxy) is 2. The molecule has 3 aromatic rings. The van der Waals surface area contributed by atoms with Crippen LogP contribution in [0.5, 0.6) is 0 Å². The Kier molecular flexibility index (Phi) is 10.9. The third-order valence-electron chi connectivity index (χ3n) is 5.52. The van der Waals surface area contributed by atoms with Gasteiger partial charge in [0.25, 0.3) is 5.91 Å². The van der Waals surface area contributed by atoms with Gasteiger partial charge in [-0.15, -0.1) is 11.3 Å². The number of carbonyl (C=O) groups is 2. The first-order chi connectivity index (χ1) is 17.1. The lowest BCUT2D eigenvalue weighted by atomic mass is 9.90. The van der Waals surface area contributed by atoms with Crippen molar-refractivity contribution in [3.63, 3.8) is 0 Å². The van der Waals surface area contributed by atoms with Crippen molar-refractivity contribution in [1.82, 2.24) is 15.2 Å². The van der Waals surface area contributed by atoms with E-state index in [2.05, 4.69) is 10.3 Å². The van der Waals surface area contributed by atoms with Gasteiger partial charge in [-0.3, -0.25) is 9.59 Å². The van der Waals surface area contributed by atoms with Gasteiger partial charge in [-0.05, 0) is 24.0 Å². The second kappa shape index (κ2) is 14.4. The van der Waals surface area contributed by atoms with E-state index in [4.69, 9.17) is 9.47 Å². The van der Waals surface area contributed by atoms with Crippen LogP contribution in [0.3, 0.4) is 0 Å². The minimum absolute atomic E-state index is 0.000676. The molecular formula is C27H33N3O4S. The molecule has 2 aromatic carbocycles. The minimum atomic E-state index is -0.427. The normalized spacial score (nSPS) is 10.9. The van der Waals surface area contributed by atoms with Crippen molar-refractivity contribution in [2.45, 2.75) is 25.3 Å². The Labute approximate surface area is 211 Å². The predicted molar refractivity (Wildman–Crippen MR) is 138 cm³/mol. The Morgan fingerprint density at radius 2 is 1.54 bits per heavy atom. The SMILES string of the molecule is COCCCNC(=O)c1csc(CN(CCCOC)C(=O)C(c2ccccc2)c2ccccc2)n1. The average molecular weight is 496 g/mol. The van der Waals surface area contributed by atoms with Crippen molar-refractivity contribution in [2.75, 3.05) is 40.5 Å². The van der Waals surface area contributed by atoms with Gasteiger partial charge < -0.3 is 19.7 Å². The highest BCUT2D eigenvalue weighted by Gasteiger charge is 2.28. The minimum Gasteiger partial charge on any atom is -0.385 e. The average Bonchev–Trinajstić information content (AvgIpc) is 3.36. The van der Waals surface area contributed by atoms with Gasteiger partial charge in [0.15, 0.2) is 0 Å². The van der Waals surface area contributed by atoms with Gasteiger partial charge in [0.05, 0.1) is 12.5 Å². The molecular weight excluding hydrogens is 462 g/mol. The van der Waals surface area contributed by atoms with Crippen molar-refractivity contribution < 1.29 is 19.1 Å². The molecule has 7 nitrogen and oxygen atoms in total. The van der Waals surface area contributed by atoms with Crippen LogP contribution in [-0.4, -0.2) is 62.2 Å². The summed E-state index contributed by atoms with van der Waals surface area (Å²) in [5.74, 6) is -0.643. The second-order valence-corrected chi connectivity index (χ2v) is 9.03. The summed E-state index contributed by atoms with van der Waals surface area (Å²) in [6, 6.07) is 19.6. The predicted octanol–water partition coefficient (Wildman–Crippen LogP) is 4.11. The molecule has 8 heteroatoms. The number of benzene rings is 2. The number of rotatable bonds is 14. The first-order valence-electron chi connectivity index (χ1n) is 11.7. The fourth-order valence-corrected chi connectivity index (χ4v) is 4.57. The van der Waals surface area contributed by atoms with Crippen LogP contribution in [0.1, 0.15) is 45.4 Å². The van der Waals surface area contributed by atoms with E-state index in [1.165, 1.54) is 11.3 Å². The van der Waals surface area contributed by atoms with E-state index in [9.17, 15) is 9.59 Å². The fraction of sp³-hybridized carbons (Fsp3) is 0.370. The molecule has 0 spiro atoms. The molecule has 0 fully saturated rings. The highest BCUT2D eigenvalue weighted by molar-refractivity contribution is 7.09. The summed E-state index contributed by atoms with van der Waals surface area (Å²) >= 11 is 1.39. The summed E-state index contributed by atoms with van der Waals surface area (Å²) in [4.78, 5) is 32.7. The standard InChI is InChI=1S/C27H33N3O4S/c1-33-17-9-15-28-26(31)23-20-35-24(29-23)19-30(16-10-18-34-2)27(32)25(21-11-5-3-6-12-21)22-13-7-4-8-14-22/h3-8,11-14,20,25H,9-10,15-19H2,1-2H3,(H,28,31). The third kappa shape index (κ3) is 7.99. The molecule has 0 aliphatic carbocycles. The van der Waals surface area contributed by atoms with Crippen molar-refractivity contribution in [2.24, 2.45) is 0 Å². The van der Waals surface area contributed by atoms with Gasteiger partial charge in [0, 0.05) is 45.9 Å². The number of nitrogens with zero attached hydrogens (tertiary/aromatic N) is 2. The van der Waals surface area contributed by atoms with Crippen LogP contribution >= 0.6 is 11.3 Å². The number of hydrogen-bond donors (Lipinski definition) is 1. The number of nitrogens with one attached hydrogen (secondary N) is 1. The van der Waals surface area contributed by atoms with Gasteiger partial charge in [-0.25, -0.2) is 4.98 Å². The van der Waals surface area contributed by atoms with Crippen LogP contribution in [0, 0.1) is 0 Å². The van der Waals surface area contributed by atoms with E-state index in [0.717, 1.165) is 22.6 Å². The maximum atomic E-state index is 14.0. The summed E-state index contributed by atoms with van der Waals surface area (Å²) in [5, 5.41) is 5.32. The molecule has 2 amide bonds. The molecule has 0 unspecified atom stereocenters. The van der Waals surface area contributed by atoms with Crippen LogP contribution in [0.2, 0.25) is 0 Å². The fourth-order valence-electron chi connectivity index (χ4n) is 3.78. The highest BCUT2D eigenvalue weighted by atomic mass is 32.1. The highest BCUT2D eigenvalue weighted by Crippen LogP contribution is 2.28. The summed E-state index contributed by atoms with van der Waals surface area (Å²) in [6.07, 6.45) is 1.44. The summed E-state index contributed by atoms with van der Waals surface area (Å²) in [5.41, 5.74) is 2.25. The van der Waals surface area contributed by atoms with E-state index in [-0.39, 0.29) is 11.8 Å². The van der Waals surface area contributed by atoms with Crippen molar-refractivity contribution >= 4 is 23.2 Å². The Balaban J connectivity index is 1.79. The Morgan fingerprint density at radius 1 is 0.943 bits per heavy atom. The van der Waals surface area contributed by atoms with Crippen LogP contribution < -0.4 is 5.32 Å². The number of amides is 2. The maximum absolute atomic E-state index is 14.0. The number of aromatic nitrogens is 1. The smallest absolute Gasteiger partial charge is 0.270 e. The Morgan fingerprint density at radius 3 is 2.14 bits per heavy atom. The molecule has 0 aliphatic rings. The van der Waals surface area contributed by atoms with Gasteiger partial charge >= 0.3 is 0 Å². The molecule has 0 radical (unpaired) electrons. The van der Waals surface area contributed by atoms with Gasteiger partial charge in [0.1, 0.15) is 10.7 Å². The Bertz CT molecular complexity index is 1000. The van der Waals surface area contributed by atoms with Gasteiger partial charge in [0.2, 0.25) is 5.91 Å². The molecule has 1 heterocycles. The maximum Gasteiger partial charge on any atom is 0.270 e. The lowest BCUT2D eigenvalue weighted by molar-refractivity contribution is -0.132. The molecule has 0 atom stereocenters. The van der Waals surface area contributed by atoms with Crippen LogP contribution in [0.15, 0.2) is 66.0 Å². The molecule has 0 saturated heterocycles. The number of thiazole rings is 1. The van der Waals surface area contributed by atoms with E-state index in [1.807, 2.05) is 65.6 Å². The topological polar surface area (TPSA) is 80.8 Å². The van der Waals surface area contributed by atoms with Crippen LogP contribution in [0.4, 0.5) is 0 Å².